The molecular formula is C21H34N4O7S. The van der Waals surface area contributed by atoms with Crippen LogP contribution in [0.1, 0.15) is 48.0 Å². The van der Waals surface area contributed by atoms with E-state index in [9.17, 15) is 14.4 Å². The quantitative estimate of drug-likeness (QED) is 0.356. The second kappa shape index (κ2) is 12.1. The van der Waals surface area contributed by atoms with Gasteiger partial charge in [0.1, 0.15) is 0 Å². The second-order valence-corrected chi connectivity index (χ2v) is 9.21. The Bertz CT molecular complexity index is 805. The normalized spacial score (nSPS) is 16.0. The molecule has 1 aliphatic rings. The molecule has 1 aromatic heterocycles. The van der Waals surface area contributed by atoms with E-state index in [0.717, 1.165) is 30.6 Å². The first-order valence-electron chi connectivity index (χ1n) is 11.0. The Morgan fingerprint density at radius 3 is 2.39 bits per heavy atom. The van der Waals surface area contributed by atoms with Crippen LogP contribution in [0.15, 0.2) is 0 Å². The molecule has 2 heterocycles. The Balaban J connectivity index is 1.89. The fraction of sp³-hybridized carbons (Fsp3) is 0.762. The molecule has 33 heavy (non-hydrogen) atoms. The van der Waals surface area contributed by atoms with Gasteiger partial charge < -0.3 is 28.7 Å². The van der Waals surface area contributed by atoms with Crippen molar-refractivity contribution in [2.75, 3.05) is 44.4 Å². The van der Waals surface area contributed by atoms with Gasteiger partial charge in [0.2, 0.25) is 5.82 Å². The highest BCUT2D eigenvalue weighted by atomic mass is 32.1. The van der Waals surface area contributed by atoms with Crippen LogP contribution >= 0.6 is 11.7 Å². The second-order valence-electron chi connectivity index (χ2n) is 8.69. The van der Waals surface area contributed by atoms with Crippen LogP contribution in [0.25, 0.3) is 0 Å². The number of rotatable bonds is 10. The molecule has 12 heteroatoms. The maximum atomic E-state index is 13.0. The summed E-state index contributed by atoms with van der Waals surface area (Å²) in [4.78, 5) is 39.9. The van der Waals surface area contributed by atoms with E-state index in [1.54, 1.807) is 4.90 Å². The van der Waals surface area contributed by atoms with Gasteiger partial charge in [0.15, 0.2) is 12.2 Å². The van der Waals surface area contributed by atoms with E-state index in [1.165, 1.54) is 20.8 Å². The van der Waals surface area contributed by atoms with E-state index in [4.69, 9.17) is 18.9 Å². The summed E-state index contributed by atoms with van der Waals surface area (Å²) in [6.07, 6.45) is -1.55. The van der Waals surface area contributed by atoms with E-state index >= 15 is 0 Å². The van der Waals surface area contributed by atoms with Gasteiger partial charge in [-0.05, 0) is 41.0 Å². The van der Waals surface area contributed by atoms with Crippen LogP contribution in [0.2, 0.25) is 0 Å². The number of ether oxygens (including phenoxy) is 4. The van der Waals surface area contributed by atoms with Crippen molar-refractivity contribution in [3.05, 3.63) is 0 Å². The molecule has 1 aliphatic heterocycles. The summed E-state index contributed by atoms with van der Waals surface area (Å²) in [5.74, 6) is -0.501. The first-order chi connectivity index (χ1) is 15.5. The molecule has 1 aromatic rings. The summed E-state index contributed by atoms with van der Waals surface area (Å²) in [6, 6.07) is 0. The predicted octanol–water partition coefficient (Wildman–Crippen LogP) is 1.65. The van der Waals surface area contributed by atoms with E-state index in [-0.39, 0.29) is 5.91 Å². The lowest BCUT2D eigenvalue weighted by Crippen LogP contribution is -2.51. The van der Waals surface area contributed by atoms with Crippen molar-refractivity contribution < 1.29 is 33.3 Å². The topological polar surface area (TPSA) is 120 Å². The highest BCUT2D eigenvalue weighted by Gasteiger charge is 2.32. The number of esters is 2. The number of carbonyl (C=O) groups is 3. The molecule has 11 nitrogen and oxygen atoms in total. The molecule has 0 spiro atoms. The molecule has 0 aliphatic carbocycles. The summed E-state index contributed by atoms with van der Waals surface area (Å²) in [5.41, 5.74) is -0.500. The summed E-state index contributed by atoms with van der Waals surface area (Å²) in [6.45, 7) is 13.3. The highest BCUT2D eigenvalue weighted by molar-refractivity contribution is 6.99. The summed E-state index contributed by atoms with van der Waals surface area (Å²) in [5, 5.41) is 0. The maximum absolute atomic E-state index is 13.0. The van der Waals surface area contributed by atoms with Crippen LogP contribution < -0.4 is 9.64 Å². The zero-order chi connectivity index (χ0) is 24.6. The van der Waals surface area contributed by atoms with E-state index < -0.39 is 29.7 Å². The number of morpholine rings is 1. The van der Waals surface area contributed by atoms with Crippen LogP contribution in [0.4, 0.5) is 5.82 Å². The van der Waals surface area contributed by atoms with Crippen LogP contribution in [0.5, 0.6) is 5.88 Å². The number of hydrogen-bond acceptors (Lipinski definition) is 11. The zero-order valence-corrected chi connectivity index (χ0v) is 21.0. The Labute approximate surface area is 198 Å². The Kier molecular flexibility index (Phi) is 9.84. The lowest BCUT2D eigenvalue weighted by Gasteiger charge is -2.37. The van der Waals surface area contributed by atoms with Gasteiger partial charge in [0.05, 0.1) is 31.5 Å². The molecule has 0 aromatic carbocycles. The monoisotopic (exact) mass is 486 g/mol. The lowest BCUT2D eigenvalue weighted by atomic mass is 10.0. The van der Waals surface area contributed by atoms with Crippen LogP contribution in [0.3, 0.4) is 0 Å². The van der Waals surface area contributed by atoms with Crippen molar-refractivity contribution >= 4 is 35.4 Å². The number of nitrogens with zero attached hydrogens (tertiary/aromatic N) is 4. The third-order valence-electron chi connectivity index (χ3n) is 4.91. The fourth-order valence-corrected chi connectivity index (χ4v) is 3.76. The molecule has 2 unspecified atom stereocenters. The molecule has 0 N–H and O–H groups in total. The minimum Gasteiger partial charge on any atom is -0.474 e. The van der Waals surface area contributed by atoms with Gasteiger partial charge >= 0.3 is 11.9 Å². The SMILES string of the molecule is CC(=O)OC(C)C(=O)OC(C)C(=O)N(CCCOc1nsnc1N1CCOCC1)C(C)(C)C. The Hall–Kier alpha value is -2.47. The van der Waals surface area contributed by atoms with Crippen molar-refractivity contribution in [3.8, 4) is 5.88 Å². The third kappa shape index (κ3) is 8.11. The van der Waals surface area contributed by atoms with Gasteiger partial charge in [0, 0.05) is 32.1 Å². The van der Waals surface area contributed by atoms with Gasteiger partial charge in [0.25, 0.3) is 11.8 Å². The van der Waals surface area contributed by atoms with Gasteiger partial charge in [-0.25, -0.2) is 4.79 Å². The average Bonchev–Trinajstić information content (AvgIpc) is 3.21. The molecule has 0 radical (unpaired) electrons. The largest absolute Gasteiger partial charge is 0.474 e. The van der Waals surface area contributed by atoms with Crippen molar-refractivity contribution in [2.24, 2.45) is 0 Å². The fourth-order valence-electron chi connectivity index (χ4n) is 3.24. The maximum Gasteiger partial charge on any atom is 0.347 e. The molecular weight excluding hydrogens is 452 g/mol. The van der Waals surface area contributed by atoms with Crippen molar-refractivity contribution in [3.63, 3.8) is 0 Å². The molecule has 1 saturated heterocycles. The number of amides is 1. The van der Waals surface area contributed by atoms with Gasteiger partial charge in [-0.1, -0.05) is 0 Å². The molecule has 0 bridgehead atoms. The molecule has 1 fully saturated rings. The molecule has 186 valence electrons. The lowest BCUT2D eigenvalue weighted by molar-refractivity contribution is -0.173. The van der Waals surface area contributed by atoms with E-state index in [0.29, 0.717) is 38.7 Å². The van der Waals surface area contributed by atoms with Gasteiger partial charge in [-0.3, -0.25) is 9.59 Å². The number of aromatic nitrogens is 2. The van der Waals surface area contributed by atoms with E-state index in [1.807, 2.05) is 20.8 Å². The minimum atomic E-state index is -1.08. The minimum absolute atomic E-state index is 0.338. The standard InChI is InChI=1S/C21H34N4O7S/c1-14(32-20(28)15(2)31-16(3)26)19(27)25(21(4,5)6)8-7-11-30-18-17(22-33-23-18)24-9-12-29-13-10-24/h14-15H,7-13H2,1-6H3. The highest BCUT2D eigenvalue weighted by Crippen LogP contribution is 2.26. The van der Waals surface area contributed by atoms with Crippen molar-refractivity contribution in [1.29, 1.82) is 0 Å². The summed E-state index contributed by atoms with van der Waals surface area (Å²) >= 11 is 1.10. The van der Waals surface area contributed by atoms with Gasteiger partial charge in [-0.15, -0.1) is 4.37 Å². The predicted molar refractivity (Wildman–Crippen MR) is 121 cm³/mol. The first-order valence-corrected chi connectivity index (χ1v) is 11.7. The van der Waals surface area contributed by atoms with Crippen LogP contribution in [-0.4, -0.2) is 88.7 Å². The Morgan fingerprint density at radius 2 is 1.79 bits per heavy atom. The smallest absolute Gasteiger partial charge is 0.347 e. The Morgan fingerprint density at radius 1 is 1.12 bits per heavy atom. The summed E-state index contributed by atoms with van der Waals surface area (Å²) in [7, 11) is 0. The average molecular weight is 487 g/mol. The third-order valence-corrected chi connectivity index (χ3v) is 5.41. The van der Waals surface area contributed by atoms with Crippen LogP contribution in [0, 0.1) is 0 Å². The number of hydrogen-bond donors (Lipinski definition) is 0. The van der Waals surface area contributed by atoms with Crippen LogP contribution in [-0.2, 0) is 28.6 Å². The molecule has 1 amide bonds. The molecule has 2 rings (SSSR count). The van der Waals surface area contributed by atoms with Crippen molar-refractivity contribution in [1.82, 2.24) is 13.6 Å². The molecule has 0 saturated carbocycles. The van der Waals surface area contributed by atoms with Crippen molar-refractivity contribution in [2.45, 2.75) is 65.7 Å². The summed E-state index contributed by atoms with van der Waals surface area (Å²) < 4.78 is 29.8. The van der Waals surface area contributed by atoms with E-state index in [2.05, 4.69) is 13.6 Å². The first kappa shape index (κ1) is 26.8. The molecule has 2 atom stereocenters. The number of anilines is 1. The van der Waals surface area contributed by atoms with Gasteiger partial charge in [-0.2, -0.15) is 4.37 Å². The zero-order valence-electron chi connectivity index (χ0n) is 20.2. The number of carbonyl (C=O) groups excluding carboxylic acids is 3.